The molecule has 2 rings (SSSR count). The number of rotatable bonds is 2. The molecule has 1 aliphatic heterocycles. The Morgan fingerprint density at radius 3 is 2.50 bits per heavy atom. The average Bonchev–Trinajstić information content (AvgIpc) is 2.59. The lowest BCUT2D eigenvalue weighted by atomic mass is 10.1. The Balaban J connectivity index is 2.34. The Labute approximate surface area is 91.1 Å². The summed E-state index contributed by atoms with van der Waals surface area (Å²) in [6, 6.07) is 8.71. The second kappa shape index (κ2) is 3.87. The molecular weight excluding hydrogens is 208 g/mol. The van der Waals surface area contributed by atoms with Crippen LogP contribution in [0.4, 0.5) is 0 Å². The van der Waals surface area contributed by atoms with Gasteiger partial charge in [0.15, 0.2) is 0 Å². The van der Waals surface area contributed by atoms with Crippen LogP contribution in [0.3, 0.4) is 0 Å². The molecule has 0 saturated heterocycles. The van der Waals surface area contributed by atoms with Crippen LogP contribution in [-0.4, -0.2) is 16.9 Å². The molecule has 0 N–H and O–H groups in total. The lowest BCUT2D eigenvalue weighted by molar-refractivity contribution is -0.168. The molecule has 16 heavy (non-hydrogen) atoms. The molecule has 78 valence electrons. The Morgan fingerprint density at radius 2 is 1.88 bits per heavy atom. The second-order valence-corrected chi connectivity index (χ2v) is 3.04. The van der Waals surface area contributed by atoms with E-state index in [4.69, 9.17) is 5.26 Å². The zero-order valence-electron chi connectivity index (χ0n) is 8.08. The topological polar surface area (TPSA) is 70.4 Å². The Hall–Kier alpha value is -2.61. The summed E-state index contributed by atoms with van der Waals surface area (Å²) in [7, 11) is 0. The highest BCUT2D eigenvalue weighted by Crippen LogP contribution is 2.22. The van der Waals surface area contributed by atoms with E-state index in [1.165, 1.54) is 6.26 Å². The van der Waals surface area contributed by atoms with Gasteiger partial charge in [0, 0.05) is 6.08 Å². The second-order valence-electron chi connectivity index (χ2n) is 3.04. The van der Waals surface area contributed by atoms with Crippen LogP contribution in [0, 0.1) is 11.5 Å². The summed E-state index contributed by atoms with van der Waals surface area (Å²) in [5.74, 6) is -1.27. The van der Waals surface area contributed by atoms with Gasteiger partial charge in [-0.05, 0) is 5.56 Å². The Bertz CT molecular complexity index is 514. The number of carbonyl (C=O) groups is 2. The summed E-state index contributed by atoms with van der Waals surface area (Å²) in [5, 5.41) is 8.71. The molecule has 0 aliphatic carbocycles. The number of carbonyl (C=O) groups excluding carboxylic acids is 2. The maximum absolute atomic E-state index is 11.7. The van der Waals surface area contributed by atoms with Crippen molar-refractivity contribution in [2.45, 2.75) is 0 Å². The number of nitrogens with zero attached hydrogens (tertiary/aromatic N) is 2. The van der Waals surface area contributed by atoms with Crippen LogP contribution in [0.1, 0.15) is 5.56 Å². The van der Waals surface area contributed by atoms with Crippen molar-refractivity contribution in [3.05, 3.63) is 42.0 Å². The normalized spacial score (nSPS) is 14.7. The maximum Gasteiger partial charge on any atom is 0.315 e. The minimum Gasteiger partial charge on any atom is -0.288 e. The molecule has 1 aromatic rings. The third-order valence-corrected chi connectivity index (χ3v) is 2.10. The van der Waals surface area contributed by atoms with E-state index < -0.39 is 11.8 Å². The Kier molecular flexibility index (Phi) is 2.40. The maximum atomic E-state index is 11.7. The molecule has 0 aromatic heterocycles. The van der Waals surface area contributed by atoms with Crippen LogP contribution in [0.5, 0.6) is 0 Å². The molecule has 1 aliphatic rings. The summed E-state index contributed by atoms with van der Waals surface area (Å²) < 4.78 is 0. The van der Waals surface area contributed by atoms with Crippen molar-refractivity contribution in [3.8, 4) is 6.26 Å². The Morgan fingerprint density at radius 1 is 1.19 bits per heavy atom. The quantitative estimate of drug-likeness (QED) is 0.540. The highest BCUT2D eigenvalue weighted by molar-refractivity contribution is 6.32. The monoisotopic (exact) mass is 214 g/mol. The molecule has 0 saturated carbocycles. The molecule has 1 aromatic carbocycles. The lowest BCUT2D eigenvalue weighted by Crippen LogP contribution is -2.29. The van der Waals surface area contributed by atoms with E-state index in [-0.39, 0.29) is 5.57 Å². The van der Waals surface area contributed by atoms with Gasteiger partial charge >= 0.3 is 6.26 Å². The number of nitriles is 1. The van der Waals surface area contributed by atoms with Gasteiger partial charge in [-0.3, -0.25) is 14.4 Å². The first-order valence-corrected chi connectivity index (χ1v) is 4.45. The van der Waals surface area contributed by atoms with E-state index in [2.05, 4.69) is 4.84 Å². The smallest absolute Gasteiger partial charge is 0.288 e. The van der Waals surface area contributed by atoms with Gasteiger partial charge in [-0.15, -0.1) is 5.26 Å². The average molecular weight is 214 g/mol. The molecule has 5 heteroatoms. The van der Waals surface area contributed by atoms with Crippen LogP contribution in [0.25, 0.3) is 5.57 Å². The number of amides is 2. The van der Waals surface area contributed by atoms with Gasteiger partial charge < -0.3 is 0 Å². The fourth-order valence-electron chi connectivity index (χ4n) is 1.41. The first kappa shape index (κ1) is 9.93. The first-order valence-electron chi connectivity index (χ1n) is 4.45. The third kappa shape index (κ3) is 1.53. The summed E-state index contributed by atoms with van der Waals surface area (Å²) in [4.78, 5) is 27.2. The van der Waals surface area contributed by atoms with Crippen LogP contribution in [-0.2, 0) is 14.4 Å². The molecule has 0 radical (unpaired) electrons. The van der Waals surface area contributed by atoms with Gasteiger partial charge in [0.05, 0.1) is 5.57 Å². The molecule has 2 amide bonds. The van der Waals surface area contributed by atoms with Gasteiger partial charge in [0.25, 0.3) is 11.8 Å². The van der Waals surface area contributed by atoms with E-state index in [0.717, 1.165) is 6.08 Å². The van der Waals surface area contributed by atoms with Gasteiger partial charge in [-0.1, -0.05) is 35.4 Å². The molecule has 0 spiro atoms. The number of hydrogen-bond donors (Lipinski definition) is 0. The molecule has 0 bridgehead atoms. The highest BCUT2D eigenvalue weighted by Gasteiger charge is 2.33. The van der Waals surface area contributed by atoms with Crippen LogP contribution in [0.2, 0.25) is 0 Å². The molecule has 0 unspecified atom stereocenters. The largest absolute Gasteiger partial charge is 0.315 e. The number of imide groups is 1. The zero-order chi connectivity index (χ0) is 11.5. The number of benzene rings is 1. The van der Waals surface area contributed by atoms with Crippen LogP contribution >= 0.6 is 0 Å². The predicted molar refractivity (Wildman–Crippen MR) is 53.0 cm³/mol. The van der Waals surface area contributed by atoms with Crippen molar-refractivity contribution in [2.24, 2.45) is 0 Å². The SMILES string of the molecule is N#CON1C(=O)C=C(c2ccccc2)C1=O. The molecule has 5 nitrogen and oxygen atoms in total. The van der Waals surface area contributed by atoms with Crippen molar-refractivity contribution in [3.63, 3.8) is 0 Å². The fourth-order valence-corrected chi connectivity index (χ4v) is 1.41. The van der Waals surface area contributed by atoms with E-state index in [9.17, 15) is 9.59 Å². The van der Waals surface area contributed by atoms with Crippen molar-refractivity contribution < 1.29 is 14.4 Å². The molecule has 1 heterocycles. The number of hydroxylamine groups is 2. The zero-order valence-corrected chi connectivity index (χ0v) is 8.08. The molecular formula is C11H6N2O3. The van der Waals surface area contributed by atoms with Crippen molar-refractivity contribution >= 4 is 17.4 Å². The van der Waals surface area contributed by atoms with Gasteiger partial charge in [0.1, 0.15) is 0 Å². The van der Waals surface area contributed by atoms with Gasteiger partial charge in [-0.25, -0.2) is 0 Å². The van der Waals surface area contributed by atoms with Crippen molar-refractivity contribution in [1.82, 2.24) is 5.06 Å². The summed E-state index contributed by atoms with van der Waals surface area (Å²) in [6.07, 6.45) is 2.44. The minimum atomic E-state index is -0.648. The predicted octanol–water partition coefficient (Wildman–Crippen LogP) is 0.851. The number of hydrogen-bond acceptors (Lipinski definition) is 4. The van der Waals surface area contributed by atoms with Crippen molar-refractivity contribution in [2.75, 3.05) is 0 Å². The van der Waals surface area contributed by atoms with E-state index in [1.807, 2.05) is 0 Å². The third-order valence-electron chi connectivity index (χ3n) is 2.10. The fraction of sp³-hybridized carbons (Fsp3) is 0. The van der Waals surface area contributed by atoms with E-state index in [0.29, 0.717) is 10.6 Å². The van der Waals surface area contributed by atoms with E-state index in [1.54, 1.807) is 30.3 Å². The minimum absolute atomic E-state index is 0.223. The summed E-state index contributed by atoms with van der Waals surface area (Å²) >= 11 is 0. The van der Waals surface area contributed by atoms with Gasteiger partial charge in [-0.2, -0.15) is 0 Å². The summed E-state index contributed by atoms with van der Waals surface area (Å²) in [6.45, 7) is 0. The standard InChI is InChI=1S/C11H6N2O3/c12-7-16-13-10(14)6-9(11(13)15)8-4-2-1-3-5-8/h1-6H. The molecule has 0 fully saturated rings. The van der Waals surface area contributed by atoms with Crippen LogP contribution < -0.4 is 0 Å². The van der Waals surface area contributed by atoms with Crippen LogP contribution in [0.15, 0.2) is 36.4 Å². The van der Waals surface area contributed by atoms with Crippen molar-refractivity contribution in [1.29, 1.82) is 5.26 Å². The highest BCUT2D eigenvalue weighted by atomic mass is 16.7. The van der Waals surface area contributed by atoms with E-state index >= 15 is 0 Å². The lowest BCUT2D eigenvalue weighted by Gasteiger charge is -2.07. The molecule has 0 atom stereocenters. The summed E-state index contributed by atoms with van der Waals surface area (Å²) in [5.41, 5.74) is 0.839. The van der Waals surface area contributed by atoms with Gasteiger partial charge in [0.2, 0.25) is 0 Å². The first-order chi connectivity index (χ1) is 7.74.